The summed E-state index contributed by atoms with van der Waals surface area (Å²) in [5, 5.41) is 13.8. The first-order chi connectivity index (χ1) is 17.4. The second-order valence-electron chi connectivity index (χ2n) is 13.9. The van der Waals surface area contributed by atoms with Crippen LogP contribution in [0, 0.1) is 5.92 Å². The van der Waals surface area contributed by atoms with E-state index in [1.165, 1.54) is 0 Å². The van der Waals surface area contributed by atoms with Gasteiger partial charge >= 0.3 is 0 Å². The summed E-state index contributed by atoms with van der Waals surface area (Å²) in [6.07, 6.45) is 3.42. The molecule has 2 heterocycles. The fourth-order valence-corrected chi connectivity index (χ4v) is 9.57. The Labute approximate surface area is 239 Å². The molecule has 0 radical (unpaired) electrons. The monoisotopic (exact) mass is 608 g/mol. The molecular weight excluding hydrogens is 553 g/mol. The Morgan fingerprint density at radius 2 is 1.53 bits per heavy atom. The third-order valence-corrected chi connectivity index (χ3v) is 10.6. The number of nitrogens with zero attached hydrogens (tertiary/aromatic N) is 1. The van der Waals surface area contributed by atoms with Gasteiger partial charge in [-0.1, -0.05) is 13.3 Å². The summed E-state index contributed by atoms with van der Waals surface area (Å²) in [4.78, 5) is 15.7. The Balaban J connectivity index is 2.43. The zero-order chi connectivity index (χ0) is 29.1. The van der Waals surface area contributed by atoms with Gasteiger partial charge in [-0.2, -0.15) is 0 Å². The molecule has 2 saturated heterocycles. The van der Waals surface area contributed by atoms with Gasteiger partial charge in [0.25, 0.3) is 0 Å². The summed E-state index contributed by atoms with van der Waals surface area (Å²) in [5.74, 6) is 0.474. The second kappa shape index (κ2) is 13.9. The van der Waals surface area contributed by atoms with Crippen molar-refractivity contribution in [3.8, 4) is 0 Å². The number of likely N-dealkylation sites (N-methyl/N-ethyl adjacent to an activating group) is 1. The molecule has 2 fully saturated rings. The lowest BCUT2D eigenvalue weighted by Gasteiger charge is -2.52. The highest BCUT2D eigenvalue weighted by atomic mass is 32.2. The smallest absolute Gasteiger partial charge is 0.237 e. The Hall–Kier alpha value is 0.231. The summed E-state index contributed by atoms with van der Waals surface area (Å²) in [6, 6.07) is -0.813. The van der Waals surface area contributed by atoms with E-state index in [0.717, 1.165) is 25.8 Å². The number of hydrogen-bond donors (Lipinski definition) is 2. The summed E-state index contributed by atoms with van der Waals surface area (Å²) in [5.41, 5.74) is -0.302. The van der Waals surface area contributed by atoms with Crippen LogP contribution in [0.15, 0.2) is 0 Å². The molecule has 0 aromatic rings. The van der Waals surface area contributed by atoms with Gasteiger partial charge in [0.2, 0.25) is 5.91 Å². The van der Waals surface area contributed by atoms with Crippen molar-refractivity contribution in [2.24, 2.45) is 5.92 Å². The molecule has 5 unspecified atom stereocenters. The minimum Gasteiger partial charge on any atom is -0.409 e. The van der Waals surface area contributed by atoms with Crippen molar-refractivity contribution in [2.45, 2.75) is 127 Å². The molecule has 0 bridgehead atoms. The summed E-state index contributed by atoms with van der Waals surface area (Å²) >= 11 is 1.59. The Kier molecular flexibility index (Phi) is 12.6. The average Bonchev–Trinajstić information content (AvgIpc) is 3.12. The number of hydrogen-bond acceptors (Lipinski definition) is 8. The van der Waals surface area contributed by atoms with Crippen molar-refractivity contribution < 1.29 is 27.9 Å². The highest BCUT2D eigenvalue weighted by molar-refractivity contribution is 7.99. The van der Waals surface area contributed by atoms with Crippen LogP contribution < -0.4 is 5.32 Å². The van der Waals surface area contributed by atoms with Gasteiger partial charge in [0.1, 0.15) is 29.9 Å². The minimum absolute atomic E-state index is 0.0515. The number of carbonyl (C=O) groups excluding carboxylic acids is 1. The van der Waals surface area contributed by atoms with E-state index >= 15 is 0 Å². The predicted octanol–water partition coefficient (Wildman–Crippen LogP) is 4.33. The zero-order valence-electron chi connectivity index (χ0n) is 26.0. The van der Waals surface area contributed by atoms with Gasteiger partial charge in [0.15, 0.2) is 25.0 Å². The summed E-state index contributed by atoms with van der Waals surface area (Å²) < 4.78 is 27.1. The van der Waals surface area contributed by atoms with Crippen LogP contribution in [0.5, 0.6) is 0 Å². The SMILES string of the molecule is CCCC1C[C@@H](C(=O)N[C@H](CO)[C@H]2OC(SC)C(O[Si](C)(C)C)C(O[Si](C)(C)C)C2O[Si](C)(C)C)N(C)C1. The van der Waals surface area contributed by atoms with Gasteiger partial charge in [-0.15, -0.1) is 11.8 Å². The quantitative estimate of drug-likeness (QED) is 0.299. The van der Waals surface area contributed by atoms with Crippen LogP contribution in [-0.2, 0) is 22.8 Å². The number of amides is 1. The van der Waals surface area contributed by atoms with Gasteiger partial charge in [-0.3, -0.25) is 9.69 Å². The molecule has 8 atom stereocenters. The van der Waals surface area contributed by atoms with Crippen molar-refractivity contribution in [1.82, 2.24) is 10.2 Å². The minimum atomic E-state index is -2.08. The van der Waals surface area contributed by atoms with E-state index in [1.807, 2.05) is 13.3 Å². The van der Waals surface area contributed by atoms with Gasteiger partial charge < -0.3 is 28.4 Å². The number of nitrogens with one attached hydrogen (secondary N) is 1. The number of thioether (sulfide) groups is 1. The first kappa shape index (κ1) is 34.4. The zero-order valence-corrected chi connectivity index (χ0v) is 29.8. The molecule has 0 aliphatic carbocycles. The first-order valence-electron chi connectivity index (χ1n) is 14.2. The van der Waals surface area contributed by atoms with Crippen LogP contribution in [-0.4, -0.2) is 109 Å². The molecule has 0 spiro atoms. The molecule has 1 amide bonds. The normalized spacial score (nSPS) is 32.4. The van der Waals surface area contributed by atoms with Crippen molar-refractivity contribution >= 4 is 42.6 Å². The Morgan fingerprint density at radius 3 is 2.00 bits per heavy atom. The maximum absolute atomic E-state index is 13.5. The fraction of sp³-hybridized carbons (Fsp3) is 0.962. The third kappa shape index (κ3) is 10.3. The van der Waals surface area contributed by atoms with Crippen LogP contribution in [0.3, 0.4) is 0 Å². The summed E-state index contributed by atoms with van der Waals surface area (Å²) in [7, 11) is -4.04. The van der Waals surface area contributed by atoms with Crippen molar-refractivity contribution in [2.75, 3.05) is 26.5 Å². The predicted molar refractivity (Wildman–Crippen MR) is 165 cm³/mol. The standard InChI is InChI=1S/C26H56N2O6SSi3/c1-13-14-18-15-20(28(2)16-18)25(30)27-19(17-29)21-22(32-36(4,5)6)23(33-37(7,8)9)24(26(31-21)35-3)34-38(10,11)12/h18-24,26,29H,13-17H2,1-12H3,(H,27,30)/t18?,19-,20+,21-,22?,23?,24?,26?/m1/s1. The van der Waals surface area contributed by atoms with E-state index < -0.39 is 43.2 Å². The number of aliphatic hydroxyl groups excluding tert-OH is 1. The van der Waals surface area contributed by atoms with Gasteiger partial charge in [0, 0.05) is 6.54 Å². The largest absolute Gasteiger partial charge is 0.409 e. The lowest BCUT2D eigenvalue weighted by Crippen LogP contribution is -2.69. The topological polar surface area (TPSA) is 89.5 Å². The van der Waals surface area contributed by atoms with Crippen molar-refractivity contribution in [1.29, 1.82) is 0 Å². The van der Waals surface area contributed by atoms with Crippen LogP contribution >= 0.6 is 11.8 Å². The van der Waals surface area contributed by atoms with Gasteiger partial charge in [0.05, 0.1) is 18.7 Å². The van der Waals surface area contributed by atoms with Gasteiger partial charge in [-0.25, -0.2) is 0 Å². The molecule has 0 aromatic carbocycles. The molecule has 8 nitrogen and oxygen atoms in total. The Morgan fingerprint density at radius 1 is 1.00 bits per heavy atom. The van der Waals surface area contributed by atoms with E-state index in [4.69, 9.17) is 18.0 Å². The second-order valence-corrected chi connectivity index (χ2v) is 28.3. The van der Waals surface area contributed by atoms with Gasteiger partial charge in [-0.05, 0) is 91.0 Å². The molecule has 2 aliphatic rings. The Bertz CT molecular complexity index is 761. The fourth-order valence-electron chi connectivity index (χ4n) is 5.51. The number of aliphatic hydroxyl groups is 1. The van der Waals surface area contributed by atoms with E-state index in [2.05, 4.69) is 76.1 Å². The van der Waals surface area contributed by atoms with Crippen LogP contribution in [0.1, 0.15) is 26.2 Å². The molecule has 38 heavy (non-hydrogen) atoms. The van der Waals surface area contributed by atoms with E-state index in [-0.39, 0.29) is 36.2 Å². The number of carbonyl (C=O) groups is 1. The summed E-state index contributed by atoms with van der Waals surface area (Å²) in [6.45, 7) is 22.4. The number of ether oxygens (including phenoxy) is 1. The van der Waals surface area contributed by atoms with Crippen molar-refractivity contribution in [3.63, 3.8) is 0 Å². The van der Waals surface area contributed by atoms with E-state index in [9.17, 15) is 9.90 Å². The van der Waals surface area contributed by atoms with Crippen LogP contribution in [0.25, 0.3) is 0 Å². The molecule has 224 valence electrons. The molecular formula is C26H56N2O6SSi3. The maximum Gasteiger partial charge on any atom is 0.237 e. The molecule has 12 heteroatoms. The number of rotatable bonds is 13. The van der Waals surface area contributed by atoms with Crippen molar-refractivity contribution in [3.05, 3.63) is 0 Å². The first-order valence-corrected chi connectivity index (χ1v) is 25.7. The highest BCUT2D eigenvalue weighted by Crippen LogP contribution is 2.38. The number of likely N-dealkylation sites (tertiary alicyclic amines) is 1. The average molecular weight is 609 g/mol. The molecule has 0 saturated carbocycles. The maximum atomic E-state index is 13.5. The third-order valence-electron chi connectivity index (χ3n) is 6.79. The van der Waals surface area contributed by atoms with E-state index in [1.54, 1.807) is 11.8 Å². The molecule has 2 rings (SSSR count). The van der Waals surface area contributed by atoms with Crippen LogP contribution in [0.4, 0.5) is 0 Å². The molecule has 2 N–H and O–H groups in total. The molecule has 2 aliphatic heterocycles. The highest BCUT2D eigenvalue weighted by Gasteiger charge is 2.53. The van der Waals surface area contributed by atoms with E-state index in [0.29, 0.717) is 5.92 Å². The molecule has 0 aromatic heterocycles. The van der Waals surface area contributed by atoms with Crippen LogP contribution in [0.2, 0.25) is 58.9 Å². The lowest BCUT2D eigenvalue weighted by atomic mass is 9.94. The lowest BCUT2D eigenvalue weighted by molar-refractivity contribution is -0.192.